The maximum absolute atomic E-state index is 12.4. The second-order valence-electron chi connectivity index (χ2n) is 5.82. The first-order valence-corrected chi connectivity index (χ1v) is 7.48. The number of imide groups is 1. The van der Waals surface area contributed by atoms with Gasteiger partial charge in [-0.15, -0.1) is 0 Å². The van der Waals surface area contributed by atoms with Crippen molar-refractivity contribution in [3.8, 4) is 0 Å². The quantitative estimate of drug-likeness (QED) is 0.704. The van der Waals surface area contributed by atoms with Gasteiger partial charge < -0.3 is 0 Å². The minimum absolute atomic E-state index is 0.0146. The SMILES string of the molecule is C=C1C=CC(=O)N1CN1C(=O)CC(C(C)CCCC)C1=O. The van der Waals surface area contributed by atoms with Crippen molar-refractivity contribution in [1.82, 2.24) is 9.80 Å². The van der Waals surface area contributed by atoms with Crippen molar-refractivity contribution >= 4 is 17.7 Å². The Morgan fingerprint density at radius 1 is 1.29 bits per heavy atom. The molecule has 114 valence electrons. The standard InChI is InChI=1S/C16H22N2O3/c1-4-5-6-11(2)13-9-15(20)18(16(13)21)10-17-12(3)7-8-14(17)19/h7-8,11,13H,3-6,9-10H2,1-2H3. The molecule has 2 heterocycles. The summed E-state index contributed by atoms with van der Waals surface area (Å²) in [7, 11) is 0. The molecule has 5 heteroatoms. The number of carbonyl (C=O) groups is 3. The van der Waals surface area contributed by atoms with E-state index in [0.29, 0.717) is 5.70 Å². The first-order valence-electron chi connectivity index (χ1n) is 7.48. The topological polar surface area (TPSA) is 57.7 Å². The molecule has 1 fully saturated rings. The molecule has 0 aromatic carbocycles. The van der Waals surface area contributed by atoms with Crippen LogP contribution in [0.3, 0.4) is 0 Å². The first-order chi connectivity index (χ1) is 9.95. The molecule has 0 aliphatic carbocycles. The molecule has 2 aliphatic rings. The van der Waals surface area contributed by atoms with E-state index >= 15 is 0 Å². The molecule has 2 rings (SSSR count). The summed E-state index contributed by atoms with van der Waals surface area (Å²) in [6.07, 6.45) is 6.33. The lowest BCUT2D eigenvalue weighted by molar-refractivity contribution is -0.143. The van der Waals surface area contributed by atoms with Crippen molar-refractivity contribution in [3.63, 3.8) is 0 Å². The summed E-state index contributed by atoms with van der Waals surface area (Å²) in [5, 5.41) is 0. The van der Waals surface area contributed by atoms with Gasteiger partial charge in [-0.05, 0) is 18.4 Å². The second kappa shape index (κ2) is 6.24. The lowest BCUT2D eigenvalue weighted by Crippen LogP contribution is -2.42. The van der Waals surface area contributed by atoms with Crippen molar-refractivity contribution < 1.29 is 14.4 Å². The number of unbranched alkanes of at least 4 members (excludes halogenated alkanes) is 1. The van der Waals surface area contributed by atoms with Crippen LogP contribution < -0.4 is 0 Å². The fraction of sp³-hybridized carbons (Fsp3) is 0.562. The molecule has 0 saturated carbocycles. The van der Waals surface area contributed by atoms with Crippen LogP contribution in [0.25, 0.3) is 0 Å². The summed E-state index contributed by atoms with van der Waals surface area (Å²) in [5.41, 5.74) is 0.517. The lowest BCUT2D eigenvalue weighted by Gasteiger charge is -2.24. The number of rotatable bonds is 6. The molecule has 2 unspecified atom stereocenters. The number of allylic oxidation sites excluding steroid dienone is 1. The molecule has 0 aromatic heterocycles. The van der Waals surface area contributed by atoms with Gasteiger partial charge in [-0.1, -0.05) is 33.3 Å². The molecular formula is C16H22N2O3. The van der Waals surface area contributed by atoms with Crippen LogP contribution in [0.5, 0.6) is 0 Å². The maximum atomic E-state index is 12.4. The van der Waals surface area contributed by atoms with Crippen LogP contribution in [0, 0.1) is 11.8 Å². The average molecular weight is 290 g/mol. The van der Waals surface area contributed by atoms with E-state index in [9.17, 15) is 14.4 Å². The molecule has 2 aliphatic heterocycles. The van der Waals surface area contributed by atoms with Crippen molar-refractivity contribution in [1.29, 1.82) is 0 Å². The number of hydrogen-bond acceptors (Lipinski definition) is 3. The molecule has 0 aromatic rings. The van der Waals surface area contributed by atoms with Gasteiger partial charge in [-0.2, -0.15) is 0 Å². The van der Waals surface area contributed by atoms with Crippen LogP contribution in [-0.2, 0) is 14.4 Å². The monoisotopic (exact) mass is 290 g/mol. The zero-order valence-corrected chi connectivity index (χ0v) is 12.7. The molecule has 0 radical (unpaired) electrons. The smallest absolute Gasteiger partial charge is 0.252 e. The van der Waals surface area contributed by atoms with Gasteiger partial charge in [0, 0.05) is 24.1 Å². The Morgan fingerprint density at radius 3 is 2.57 bits per heavy atom. The number of hydrogen-bond donors (Lipinski definition) is 0. The minimum atomic E-state index is -0.247. The Labute approximate surface area is 125 Å². The molecule has 21 heavy (non-hydrogen) atoms. The Balaban J connectivity index is 2.02. The largest absolute Gasteiger partial charge is 0.291 e. The van der Waals surface area contributed by atoms with Crippen LogP contribution in [0.2, 0.25) is 0 Å². The van der Waals surface area contributed by atoms with E-state index in [4.69, 9.17) is 0 Å². The number of nitrogens with zero attached hydrogens (tertiary/aromatic N) is 2. The van der Waals surface area contributed by atoms with Gasteiger partial charge in [0.15, 0.2) is 0 Å². The van der Waals surface area contributed by atoms with E-state index in [1.54, 1.807) is 6.08 Å². The maximum Gasteiger partial charge on any atom is 0.252 e. The molecule has 5 nitrogen and oxygen atoms in total. The molecule has 0 spiro atoms. The third-order valence-electron chi connectivity index (χ3n) is 4.29. The third-order valence-corrected chi connectivity index (χ3v) is 4.29. The molecule has 0 bridgehead atoms. The van der Waals surface area contributed by atoms with E-state index in [0.717, 1.165) is 19.3 Å². The van der Waals surface area contributed by atoms with Gasteiger partial charge in [-0.3, -0.25) is 24.2 Å². The Hall–Kier alpha value is -1.91. The van der Waals surface area contributed by atoms with Gasteiger partial charge in [-0.25, -0.2) is 0 Å². The molecule has 0 N–H and O–H groups in total. The van der Waals surface area contributed by atoms with Crippen molar-refractivity contribution in [2.45, 2.75) is 39.5 Å². The summed E-state index contributed by atoms with van der Waals surface area (Å²) in [4.78, 5) is 38.8. The van der Waals surface area contributed by atoms with Crippen LogP contribution in [0.4, 0.5) is 0 Å². The highest BCUT2D eigenvalue weighted by Gasteiger charge is 2.42. The zero-order valence-electron chi connectivity index (χ0n) is 12.7. The van der Waals surface area contributed by atoms with Gasteiger partial charge in [0.05, 0.1) is 0 Å². The molecule has 1 saturated heterocycles. The first kappa shape index (κ1) is 15.5. The fourth-order valence-electron chi connectivity index (χ4n) is 2.82. The Kier molecular flexibility index (Phi) is 4.60. The van der Waals surface area contributed by atoms with Crippen LogP contribution >= 0.6 is 0 Å². The zero-order chi connectivity index (χ0) is 15.6. The summed E-state index contributed by atoms with van der Waals surface area (Å²) in [6.45, 7) is 7.86. The number of carbonyl (C=O) groups excluding carboxylic acids is 3. The van der Waals surface area contributed by atoms with Gasteiger partial charge in [0.1, 0.15) is 6.67 Å². The summed E-state index contributed by atoms with van der Waals surface area (Å²) < 4.78 is 0. The van der Waals surface area contributed by atoms with E-state index in [-0.39, 0.29) is 42.6 Å². The number of amides is 3. The van der Waals surface area contributed by atoms with Crippen LogP contribution in [0.15, 0.2) is 24.4 Å². The highest BCUT2D eigenvalue weighted by Crippen LogP contribution is 2.30. The highest BCUT2D eigenvalue weighted by molar-refractivity contribution is 6.04. The summed E-state index contributed by atoms with van der Waals surface area (Å²) in [5.74, 6) is -0.634. The van der Waals surface area contributed by atoms with Gasteiger partial charge in [0.25, 0.3) is 5.91 Å². The van der Waals surface area contributed by atoms with Gasteiger partial charge >= 0.3 is 0 Å². The highest BCUT2D eigenvalue weighted by atomic mass is 16.2. The summed E-state index contributed by atoms with van der Waals surface area (Å²) >= 11 is 0. The van der Waals surface area contributed by atoms with Crippen molar-refractivity contribution in [3.05, 3.63) is 24.4 Å². The van der Waals surface area contributed by atoms with Crippen molar-refractivity contribution in [2.75, 3.05) is 6.67 Å². The Bertz CT molecular complexity index is 492. The Morgan fingerprint density at radius 2 is 2.00 bits per heavy atom. The van der Waals surface area contributed by atoms with Crippen LogP contribution in [0.1, 0.15) is 39.5 Å². The van der Waals surface area contributed by atoms with E-state index in [1.807, 2.05) is 6.92 Å². The van der Waals surface area contributed by atoms with E-state index < -0.39 is 0 Å². The molecule has 2 atom stereocenters. The predicted octanol–water partition coefficient (Wildman–Crippen LogP) is 2.06. The number of likely N-dealkylation sites (tertiary alicyclic amines) is 1. The van der Waals surface area contributed by atoms with Crippen LogP contribution in [-0.4, -0.2) is 34.2 Å². The van der Waals surface area contributed by atoms with E-state index in [2.05, 4.69) is 13.5 Å². The van der Waals surface area contributed by atoms with E-state index in [1.165, 1.54) is 15.9 Å². The predicted molar refractivity (Wildman–Crippen MR) is 78.6 cm³/mol. The van der Waals surface area contributed by atoms with Gasteiger partial charge in [0.2, 0.25) is 11.8 Å². The fourth-order valence-corrected chi connectivity index (χ4v) is 2.82. The van der Waals surface area contributed by atoms with Crippen molar-refractivity contribution in [2.24, 2.45) is 11.8 Å². The lowest BCUT2D eigenvalue weighted by atomic mass is 9.88. The minimum Gasteiger partial charge on any atom is -0.291 e. The summed E-state index contributed by atoms with van der Waals surface area (Å²) in [6, 6.07) is 0. The third kappa shape index (κ3) is 3.06. The molecular weight excluding hydrogens is 268 g/mol. The average Bonchev–Trinajstić information content (AvgIpc) is 2.91. The second-order valence-corrected chi connectivity index (χ2v) is 5.82. The normalized spacial score (nSPS) is 23.6. The molecule has 3 amide bonds.